The standard InChI is InChI=1S/C13H11ClN2O4/c1-8(17)6-20-11(18)7-19-10-3-2-9(14)12-13(10)16-5-4-15-12/h2-5H,6-7H2,1H3. The Morgan fingerprint density at radius 2 is 1.85 bits per heavy atom. The van der Waals surface area contributed by atoms with E-state index >= 15 is 0 Å². The summed E-state index contributed by atoms with van der Waals surface area (Å²) in [5, 5.41) is 0.444. The van der Waals surface area contributed by atoms with Gasteiger partial charge in [-0.15, -0.1) is 0 Å². The van der Waals surface area contributed by atoms with Gasteiger partial charge in [0.2, 0.25) is 0 Å². The molecule has 1 aromatic heterocycles. The van der Waals surface area contributed by atoms with Crippen molar-refractivity contribution in [3.63, 3.8) is 0 Å². The number of halogens is 1. The molecule has 0 fully saturated rings. The highest BCUT2D eigenvalue weighted by molar-refractivity contribution is 6.35. The number of hydrogen-bond acceptors (Lipinski definition) is 6. The maximum atomic E-state index is 11.4. The lowest BCUT2D eigenvalue weighted by Crippen LogP contribution is -2.18. The first kappa shape index (κ1) is 14.2. The Labute approximate surface area is 119 Å². The third-order valence-corrected chi connectivity index (χ3v) is 2.63. The highest BCUT2D eigenvalue weighted by Gasteiger charge is 2.11. The Hall–Kier alpha value is -2.21. The second-order valence-electron chi connectivity index (χ2n) is 3.95. The van der Waals surface area contributed by atoms with Crippen molar-refractivity contribution in [1.29, 1.82) is 0 Å². The minimum absolute atomic E-state index is 0.235. The monoisotopic (exact) mass is 294 g/mol. The Morgan fingerprint density at radius 3 is 2.55 bits per heavy atom. The lowest BCUT2D eigenvalue weighted by Gasteiger charge is -2.08. The summed E-state index contributed by atoms with van der Waals surface area (Å²) in [6, 6.07) is 3.20. The number of fused-ring (bicyclic) bond motifs is 1. The van der Waals surface area contributed by atoms with Gasteiger partial charge in [-0.2, -0.15) is 0 Å². The van der Waals surface area contributed by atoms with Crippen LogP contribution in [0.2, 0.25) is 5.02 Å². The van der Waals surface area contributed by atoms with Crippen LogP contribution in [0.25, 0.3) is 11.0 Å². The van der Waals surface area contributed by atoms with E-state index in [1.807, 2.05) is 0 Å². The van der Waals surface area contributed by atoms with Crippen LogP contribution in [0, 0.1) is 0 Å². The molecule has 0 aliphatic rings. The predicted molar refractivity (Wildman–Crippen MR) is 71.7 cm³/mol. The molecule has 0 radical (unpaired) electrons. The fraction of sp³-hybridized carbons (Fsp3) is 0.231. The van der Waals surface area contributed by atoms with Crippen LogP contribution in [0.1, 0.15) is 6.92 Å². The number of rotatable bonds is 5. The van der Waals surface area contributed by atoms with E-state index in [1.165, 1.54) is 19.3 Å². The summed E-state index contributed by atoms with van der Waals surface area (Å²) >= 11 is 5.99. The summed E-state index contributed by atoms with van der Waals surface area (Å²) in [4.78, 5) is 30.3. The van der Waals surface area contributed by atoms with Gasteiger partial charge in [0.15, 0.2) is 12.4 Å². The van der Waals surface area contributed by atoms with E-state index < -0.39 is 5.97 Å². The number of benzene rings is 1. The van der Waals surface area contributed by atoms with Gasteiger partial charge in [-0.05, 0) is 19.1 Å². The van der Waals surface area contributed by atoms with Crippen molar-refractivity contribution in [2.24, 2.45) is 0 Å². The molecule has 2 rings (SSSR count). The second kappa shape index (κ2) is 6.29. The van der Waals surface area contributed by atoms with Gasteiger partial charge in [0.25, 0.3) is 0 Å². The normalized spacial score (nSPS) is 10.3. The van der Waals surface area contributed by atoms with Crippen LogP contribution in [-0.4, -0.2) is 34.9 Å². The smallest absolute Gasteiger partial charge is 0.344 e. The molecule has 1 aromatic carbocycles. The van der Waals surface area contributed by atoms with Gasteiger partial charge >= 0.3 is 5.97 Å². The summed E-state index contributed by atoms with van der Waals surface area (Å²) in [7, 11) is 0. The van der Waals surface area contributed by atoms with Crippen LogP contribution < -0.4 is 4.74 Å². The molecule has 0 saturated carbocycles. The zero-order valence-electron chi connectivity index (χ0n) is 10.6. The first-order valence-electron chi connectivity index (χ1n) is 5.75. The topological polar surface area (TPSA) is 78.4 Å². The highest BCUT2D eigenvalue weighted by Crippen LogP contribution is 2.27. The summed E-state index contributed by atoms with van der Waals surface area (Å²) in [6.45, 7) is 0.750. The largest absolute Gasteiger partial charge is 0.480 e. The molecule has 1 heterocycles. The molecule has 0 atom stereocenters. The van der Waals surface area contributed by atoms with Gasteiger partial charge in [0, 0.05) is 12.4 Å². The molecule has 0 spiro atoms. The summed E-state index contributed by atoms with van der Waals surface area (Å²) < 4.78 is 10.0. The fourth-order valence-electron chi connectivity index (χ4n) is 1.48. The van der Waals surface area contributed by atoms with Gasteiger partial charge in [-0.3, -0.25) is 9.78 Å². The van der Waals surface area contributed by atoms with E-state index in [4.69, 9.17) is 16.3 Å². The number of aromatic nitrogens is 2. The third-order valence-electron chi connectivity index (χ3n) is 2.32. The van der Waals surface area contributed by atoms with Crippen LogP contribution in [0.3, 0.4) is 0 Å². The van der Waals surface area contributed by atoms with Crippen LogP contribution in [0.5, 0.6) is 5.75 Å². The Bertz CT molecular complexity index is 660. The number of carbonyl (C=O) groups is 2. The number of ether oxygens (including phenoxy) is 2. The van der Waals surface area contributed by atoms with Gasteiger partial charge in [-0.1, -0.05) is 11.6 Å². The van der Waals surface area contributed by atoms with Crippen LogP contribution in [-0.2, 0) is 14.3 Å². The van der Waals surface area contributed by atoms with Gasteiger partial charge in [0.05, 0.1) is 5.02 Å². The first-order valence-corrected chi connectivity index (χ1v) is 6.13. The lowest BCUT2D eigenvalue weighted by atomic mass is 10.3. The highest BCUT2D eigenvalue weighted by atomic mass is 35.5. The molecule has 6 nitrogen and oxygen atoms in total. The zero-order valence-corrected chi connectivity index (χ0v) is 11.4. The molecule has 0 aliphatic heterocycles. The molecule has 0 bridgehead atoms. The average Bonchev–Trinajstić information content (AvgIpc) is 2.45. The van der Waals surface area contributed by atoms with E-state index in [0.29, 0.717) is 21.8 Å². The molecule has 104 valence electrons. The molecule has 2 aromatic rings. The average molecular weight is 295 g/mol. The minimum atomic E-state index is -0.632. The minimum Gasteiger partial charge on any atom is -0.480 e. The molecule has 0 saturated heterocycles. The maximum absolute atomic E-state index is 11.4. The van der Waals surface area contributed by atoms with Crippen LogP contribution >= 0.6 is 11.6 Å². The van der Waals surface area contributed by atoms with Crippen LogP contribution in [0.15, 0.2) is 24.5 Å². The van der Waals surface area contributed by atoms with Gasteiger partial charge < -0.3 is 9.47 Å². The van der Waals surface area contributed by atoms with Crippen molar-refractivity contribution < 1.29 is 19.1 Å². The van der Waals surface area contributed by atoms with Crippen molar-refractivity contribution in [3.05, 3.63) is 29.5 Å². The number of nitrogens with zero attached hydrogens (tertiary/aromatic N) is 2. The number of ketones is 1. The lowest BCUT2D eigenvalue weighted by molar-refractivity contribution is -0.149. The van der Waals surface area contributed by atoms with Crippen molar-refractivity contribution in [2.75, 3.05) is 13.2 Å². The molecule has 0 amide bonds. The Balaban J connectivity index is 2.09. The van der Waals surface area contributed by atoms with E-state index in [0.717, 1.165) is 0 Å². The summed E-state index contributed by atoms with van der Waals surface area (Å²) in [6.07, 6.45) is 3.01. The van der Waals surface area contributed by atoms with Gasteiger partial charge in [0.1, 0.15) is 23.4 Å². The fourth-order valence-corrected chi connectivity index (χ4v) is 1.68. The molecule has 0 unspecified atom stereocenters. The molecule has 20 heavy (non-hydrogen) atoms. The van der Waals surface area contributed by atoms with E-state index in [2.05, 4.69) is 14.7 Å². The summed E-state index contributed by atoms with van der Waals surface area (Å²) in [5.74, 6) is -0.495. The molecule has 7 heteroatoms. The quantitative estimate of drug-likeness (QED) is 0.782. The number of hydrogen-bond donors (Lipinski definition) is 0. The van der Waals surface area contributed by atoms with E-state index in [1.54, 1.807) is 12.1 Å². The SMILES string of the molecule is CC(=O)COC(=O)COc1ccc(Cl)c2nccnc12. The first-order chi connectivity index (χ1) is 9.58. The zero-order chi connectivity index (χ0) is 14.5. The van der Waals surface area contributed by atoms with Crippen molar-refractivity contribution in [1.82, 2.24) is 9.97 Å². The molecule has 0 aliphatic carbocycles. The third kappa shape index (κ3) is 3.42. The molecule has 0 N–H and O–H groups in total. The van der Waals surface area contributed by atoms with E-state index in [-0.39, 0.29) is 19.0 Å². The van der Waals surface area contributed by atoms with Crippen molar-refractivity contribution in [2.45, 2.75) is 6.92 Å². The van der Waals surface area contributed by atoms with Crippen molar-refractivity contribution in [3.8, 4) is 5.75 Å². The molecular formula is C13H11ClN2O4. The van der Waals surface area contributed by atoms with Crippen molar-refractivity contribution >= 4 is 34.4 Å². The predicted octanol–water partition coefficient (Wildman–Crippen LogP) is 1.79. The number of Topliss-reactive ketones (excluding diaryl/α,β-unsaturated/α-hetero) is 1. The number of esters is 1. The summed E-state index contributed by atoms with van der Waals surface area (Å²) in [5.41, 5.74) is 0.947. The number of carbonyl (C=O) groups excluding carboxylic acids is 2. The molecular weight excluding hydrogens is 284 g/mol. The van der Waals surface area contributed by atoms with Gasteiger partial charge in [-0.25, -0.2) is 9.78 Å². The Morgan fingerprint density at radius 1 is 1.15 bits per heavy atom. The Kier molecular flexibility index (Phi) is 4.47. The van der Waals surface area contributed by atoms with Crippen LogP contribution in [0.4, 0.5) is 0 Å². The second-order valence-corrected chi connectivity index (χ2v) is 4.36. The maximum Gasteiger partial charge on any atom is 0.344 e. The van der Waals surface area contributed by atoms with E-state index in [9.17, 15) is 9.59 Å².